The highest BCUT2D eigenvalue weighted by Gasteiger charge is 2.28. The normalized spacial score (nSPS) is 25.9. The molecular formula is C11H15N3. The van der Waals surface area contributed by atoms with Gasteiger partial charge >= 0.3 is 0 Å². The monoisotopic (exact) mass is 189 g/mol. The molecule has 0 aromatic carbocycles. The summed E-state index contributed by atoms with van der Waals surface area (Å²) < 4.78 is 0. The number of aromatic nitrogens is 1. The van der Waals surface area contributed by atoms with Gasteiger partial charge in [0.15, 0.2) is 0 Å². The lowest BCUT2D eigenvalue weighted by Crippen LogP contribution is -2.21. The van der Waals surface area contributed by atoms with Gasteiger partial charge in [0.1, 0.15) is 0 Å². The second-order valence-electron chi connectivity index (χ2n) is 3.63. The van der Waals surface area contributed by atoms with E-state index in [1.54, 1.807) is 6.20 Å². The highest BCUT2D eigenvalue weighted by molar-refractivity contribution is 5.92. The lowest BCUT2D eigenvalue weighted by atomic mass is 10.1. The molecule has 3 nitrogen and oxygen atoms in total. The molecule has 74 valence electrons. The third-order valence-electron chi connectivity index (χ3n) is 2.76. The summed E-state index contributed by atoms with van der Waals surface area (Å²) in [6.45, 7) is 1.09. The van der Waals surface area contributed by atoms with Crippen LogP contribution in [0, 0.1) is 0 Å². The van der Waals surface area contributed by atoms with Crippen molar-refractivity contribution in [3.63, 3.8) is 0 Å². The van der Waals surface area contributed by atoms with E-state index in [2.05, 4.69) is 28.0 Å². The van der Waals surface area contributed by atoms with E-state index in [1.807, 2.05) is 19.3 Å². The van der Waals surface area contributed by atoms with Gasteiger partial charge in [-0.1, -0.05) is 6.07 Å². The number of aliphatic imine (C=N–C) groups is 1. The van der Waals surface area contributed by atoms with E-state index in [4.69, 9.17) is 0 Å². The quantitative estimate of drug-likeness (QED) is 0.670. The molecule has 14 heavy (non-hydrogen) atoms. The summed E-state index contributed by atoms with van der Waals surface area (Å²) in [6.07, 6.45) is 4.81. The minimum atomic E-state index is 0.341. The van der Waals surface area contributed by atoms with Gasteiger partial charge in [-0.15, -0.1) is 0 Å². The minimum Gasteiger partial charge on any atom is -0.295 e. The Hall–Kier alpha value is -1.22. The second-order valence-corrected chi connectivity index (χ2v) is 3.63. The van der Waals surface area contributed by atoms with Crippen LogP contribution in [0.1, 0.15) is 18.0 Å². The van der Waals surface area contributed by atoms with Crippen molar-refractivity contribution >= 4 is 5.71 Å². The molecule has 0 bridgehead atoms. The Morgan fingerprint density at radius 2 is 2.43 bits per heavy atom. The van der Waals surface area contributed by atoms with Gasteiger partial charge in [-0.25, -0.2) is 0 Å². The third-order valence-corrected chi connectivity index (χ3v) is 2.76. The van der Waals surface area contributed by atoms with Crippen LogP contribution in [0.5, 0.6) is 0 Å². The molecule has 0 aliphatic carbocycles. The highest BCUT2D eigenvalue weighted by Crippen LogP contribution is 2.27. The summed E-state index contributed by atoms with van der Waals surface area (Å²) in [5, 5.41) is 0. The van der Waals surface area contributed by atoms with Gasteiger partial charge in [0.05, 0.1) is 6.04 Å². The molecule has 1 aromatic heterocycles. The van der Waals surface area contributed by atoms with E-state index < -0.39 is 0 Å². The van der Waals surface area contributed by atoms with Crippen LogP contribution in [0.25, 0.3) is 0 Å². The average molecular weight is 189 g/mol. The molecule has 0 N–H and O–H groups in total. The van der Waals surface area contributed by atoms with Crippen molar-refractivity contribution in [2.45, 2.75) is 12.5 Å². The van der Waals surface area contributed by atoms with Crippen LogP contribution >= 0.6 is 0 Å². The molecule has 1 fully saturated rings. The fraction of sp³-hybridized carbons (Fsp3) is 0.455. The van der Waals surface area contributed by atoms with Crippen LogP contribution in [-0.2, 0) is 0 Å². The molecule has 0 saturated carbocycles. The number of likely N-dealkylation sites (tertiary alicyclic amines) is 1. The van der Waals surface area contributed by atoms with Crippen molar-refractivity contribution in [2.75, 3.05) is 20.6 Å². The van der Waals surface area contributed by atoms with Crippen LogP contribution in [0.3, 0.4) is 0 Å². The molecule has 1 saturated heterocycles. The SMILES string of the molecule is C/N=C1/CCN(C)[C@@H]1c1cccnc1. The van der Waals surface area contributed by atoms with Crippen LogP contribution in [0.15, 0.2) is 29.5 Å². The summed E-state index contributed by atoms with van der Waals surface area (Å²) in [4.78, 5) is 10.8. The molecule has 2 heterocycles. The molecular weight excluding hydrogens is 174 g/mol. The summed E-state index contributed by atoms with van der Waals surface area (Å²) >= 11 is 0. The highest BCUT2D eigenvalue weighted by atomic mass is 15.2. The summed E-state index contributed by atoms with van der Waals surface area (Å²) in [5.74, 6) is 0. The zero-order valence-electron chi connectivity index (χ0n) is 8.64. The summed E-state index contributed by atoms with van der Waals surface area (Å²) in [5.41, 5.74) is 2.51. The fourth-order valence-corrected chi connectivity index (χ4v) is 2.03. The van der Waals surface area contributed by atoms with Gasteiger partial charge in [0.2, 0.25) is 0 Å². The van der Waals surface area contributed by atoms with E-state index in [9.17, 15) is 0 Å². The maximum Gasteiger partial charge on any atom is 0.0745 e. The second kappa shape index (κ2) is 3.88. The topological polar surface area (TPSA) is 28.5 Å². The third kappa shape index (κ3) is 1.55. The molecule has 1 atom stereocenters. The Kier molecular flexibility index (Phi) is 2.59. The lowest BCUT2D eigenvalue weighted by Gasteiger charge is -2.19. The zero-order chi connectivity index (χ0) is 9.97. The maximum absolute atomic E-state index is 4.34. The van der Waals surface area contributed by atoms with E-state index >= 15 is 0 Å². The van der Waals surface area contributed by atoms with Gasteiger partial charge in [-0.3, -0.25) is 14.9 Å². The van der Waals surface area contributed by atoms with Crippen LogP contribution in [-0.4, -0.2) is 36.2 Å². The molecule has 1 aliphatic heterocycles. The summed E-state index contributed by atoms with van der Waals surface area (Å²) in [7, 11) is 4.01. The molecule has 0 unspecified atom stereocenters. The number of hydrogen-bond acceptors (Lipinski definition) is 3. The Labute approximate surface area is 84.5 Å². The van der Waals surface area contributed by atoms with Gasteiger partial charge < -0.3 is 0 Å². The van der Waals surface area contributed by atoms with E-state index in [-0.39, 0.29) is 0 Å². The number of rotatable bonds is 1. The van der Waals surface area contributed by atoms with Crippen LogP contribution < -0.4 is 0 Å². The van der Waals surface area contributed by atoms with Crippen LogP contribution in [0.2, 0.25) is 0 Å². The predicted molar refractivity (Wildman–Crippen MR) is 57.6 cm³/mol. The number of nitrogens with zero attached hydrogens (tertiary/aromatic N) is 3. The van der Waals surface area contributed by atoms with E-state index in [1.165, 1.54) is 11.3 Å². The molecule has 2 rings (SSSR count). The van der Waals surface area contributed by atoms with E-state index in [0.717, 1.165) is 13.0 Å². The summed E-state index contributed by atoms with van der Waals surface area (Å²) in [6, 6.07) is 4.44. The Balaban J connectivity index is 2.33. The average Bonchev–Trinajstić information content (AvgIpc) is 2.61. The molecule has 1 aromatic rings. The first-order valence-corrected chi connectivity index (χ1v) is 4.88. The lowest BCUT2D eigenvalue weighted by molar-refractivity contribution is 0.346. The predicted octanol–water partition coefficient (Wildman–Crippen LogP) is 1.53. The number of pyridine rings is 1. The fourth-order valence-electron chi connectivity index (χ4n) is 2.03. The molecule has 0 spiro atoms. The first kappa shape index (κ1) is 9.34. The van der Waals surface area contributed by atoms with Crippen molar-refractivity contribution in [3.8, 4) is 0 Å². The van der Waals surface area contributed by atoms with Gasteiger partial charge in [-0.2, -0.15) is 0 Å². The van der Waals surface area contributed by atoms with Gasteiger partial charge in [0.25, 0.3) is 0 Å². The van der Waals surface area contributed by atoms with Crippen molar-refractivity contribution in [1.29, 1.82) is 0 Å². The first-order chi connectivity index (χ1) is 6.83. The Morgan fingerprint density at radius 3 is 3.07 bits per heavy atom. The van der Waals surface area contributed by atoms with Crippen LogP contribution in [0.4, 0.5) is 0 Å². The van der Waals surface area contributed by atoms with Crippen molar-refractivity contribution in [3.05, 3.63) is 30.1 Å². The van der Waals surface area contributed by atoms with E-state index in [0.29, 0.717) is 6.04 Å². The maximum atomic E-state index is 4.34. The standard InChI is InChI=1S/C11H15N3/c1-12-10-5-7-14(2)11(10)9-4-3-6-13-8-9/h3-4,6,8,11H,5,7H2,1-2H3/b12-10-/t11-/m1/s1. The Bertz CT molecular complexity index is 332. The minimum absolute atomic E-state index is 0.341. The zero-order valence-corrected chi connectivity index (χ0v) is 8.64. The Morgan fingerprint density at radius 1 is 1.57 bits per heavy atom. The van der Waals surface area contributed by atoms with Gasteiger partial charge in [0, 0.05) is 31.7 Å². The van der Waals surface area contributed by atoms with Crippen molar-refractivity contribution in [1.82, 2.24) is 9.88 Å². The molecule has 0 radical (unpaired) electrons. The van der Waals surface area contributed by atoms with Crippen molar-refractivity contribution < 1.29 is 0 Å². The molecule has 1 aliphatic rings. The number of hydrogen-bond donors (Lipinski definition) is 0. The van der Waals surface area contributed by atoms with Crippen molar-refractivity contribution in [2.24, 2.45) is 4.99 Å². The first-order valence-electron chi connectivity index (χ1n) is 4.88. The smallest absolute Gasteiger partial charge is 0.0745 e. The molecule has 0 amide bonds. The molecule has 3 heteroatoms. The van der Waals surface area contributed by atoms with Gasteiger partial charge in [-0.05, 0) is 25.1 Å². The largest absolute Gasteiger partial charge is 0.295 e.